The SMILES string of the molecule is COc1nc(-c2nc3n(n2)CCC[C@H]3c2cc(N3CCCCC3)c(F)cc2Cl)ccc1-n1cnc(C)c1. The fourth-order valence-corrected chi connectivity index (χ4v) is 5.69. The number of rotatable bonds is 5. The molecule has 2 aliphatic rings. The van der Waals surface area contributed by atoms with Gasteiger partial charge in [-0.15, -0.1) is 5.10 Å². The second-order valence-corrected chi connectivity index (χ2v) is 10.1. The zero-order valence-corrected chi connectivity index (χ0v) is 21.7. The van der Waals surface area contributed by atoms with Gasteiger partial charge in [0.15, 0.2) is 5.82 Å². The normalized spacial score (nSPS) is 17.6. The van der Waals surface area contributed by atoms with Crippen LogP contribution in [-0.4, -0.2) is 49.5 Å². The van der Waals surface area contributed by atoms with Gasteiger partial charge in [0.1, 0.15) is 23.0 Å². The highest BCUT2D eigenvalue weighted by atomic mass is 35.5. The van der Waals surface area contributed by atoms with E-state index in [1.807, 2.05) is 40.6 Å². The second kappa shape index (κ2) is 9.78. The summed E-state index contributed by atoms with van der Waals surface area (Å²) in [6.45, 7) is 4.43. The fourth-order valence-electron chi connectivity index (χ4n) is 5.41. The van der Waals surface area contributed by atoms with E-state index < -0.39 is 0 Å². The van der Waals surface area contributed by atoms with Gasteiger partial charge in [-0.2, -0.15) is 0 Å². The van der Waals surface area contributed by atoms with Gasteiger partial charge in [-0.3, -0.25) is 0 Å². The molecular weight excluding hydrogens is 493 g/mol. The van der Waals surface area contributed by atoms with Crippen molar-refractivity contribution in [2.24, 2.45) is 0 Å². The zero-order valence-electron chi connectivity index (χ0n) is 21.0. The van der Waals surface area contributed by atoms with E-state index in [1.165, 1.54) is 12.5 Å². The summed E-state index contributed by atoms with van der Waals surface area (Å²) in [5.41, 5.74) is 3.85. The van der Waals surface area contributed by atoms with Gasteiger partial charge in [0.2, 0.25) is 5.88 Å². The van der Waals surface area contributed by atoms with Gasteiger partial charge < -0.3 is 14.2 Å². The number of pyridine rings is 1. The topological polar surface area (TPSA) is 73.9 Å². The quantitative estimate of drug-likeness (QED) is 0.343. The summed E-state index contributed by atoms with van der Waals surface area (Å²) in [5.74, 6) is 1.49. The van der Waals surface area contributed by atoms with E-state index in [9.17, 15) is 4.39 Å². The van der Waals surface area contributed by atoms with Crippen molar-refractivity contribution in [2.45, 2.75) is 51.5 Å². The molecule has 0 aliphatic carbocycles. The Hall–Kier alpha value is -3.46. The standard InChI is InChI=1S/C27H29ClFN7O/c1-17-15-35(16-30-17)23-9-8-22(31-27(23)37-2)25-32-26-18(7-6-12-36(26)33-25)19-13-24(21(29)14-20(19)28)34-10-4-3-5-11-34/h8-9,13-16,18H,3-7,10-12H2,1-2H3/t18-/m0/s1. The minimum atomic E-state index is -0.266. The molecule has 0 bridgehead atoms. The zero-order chi connectivity index (χ0) is 25.5. The van der Waals surface area contributed by atoms with Crippen molar-refractivity contribution in [3.63, 3.8) is 0 Å². The van der Waals surface area contributed by atoms with Crippen LogP contribution >= 0.6 is 11.6 Å². The average molecular weight is 522 g/mol. The van der Waals surface area contributed by atoms with Crippen molar-refractivity contribution in [3.8, 4) is 23.1 Å². The van der Waals surface area contributed by atoms with Crippen molar-refractivity contribution < 1.29 is 9.13 Å². The lowest BCUT2D eigenvalue weighted by molar-refractivity contribution is 0.396. The van der Waals surface area contributed by atoms with Crippen LogP contribution in [0.15, 0.2) is 36.8 Å². The van der Waals surface area contributed by atoms with E-state index in [2.05, 4.69) is 9.88 Å². The Morgan fingerprint density at radius 1 is 1.03 bits per heavy atom. The lowest BCUT2D eigenvalue weighted by atomic mass is 9.90. The predicted octanol–water partition coefficient (Wildman–Crippen LogP) is 5.55. The Kier molecular flexibility index (Phi) is 6.32. The lowest BCUT2D eigenvalue weighted by Gasteiger charge is -2.31. The van der Waals surface area contributed by atoms with Crippen LogP contribution in [0.5, 0.6) is 5.88 Å². The highest BCUT2D eigenvalue weighted by Gasteiger charge is 2.30. The van der Waals surface area contributed by atoms with Crippen LogP contribution < -0.4 is 9.64 Å². The third-order valence-corrected chi connectivity index (χ3v) is 7.59. The molecule has 8 nitrogen and oxygen atoms in total. The molecule has 0 radical (unpaired) electrons. The molecule has 1 aromatic carbocycles. The molecule has 3 aromatic heterocycles. The van der Waals surface area contributed by atoms with E-state index in [4.69, 9.17) is 31.4 Å². The molecule has 0 unspecified atom stereocenters. The Balaban J connectivity index is 1.36. The molecule has 10 heteroatoms. The number of halogens is 2. The Labute approximate surface area is 220 Å². The molecule has 2 aliphatic heterocycles. The van der Waals surface area contributed by atoms with Crippen LogP contribution in [-0.2, 0) is 6.54 Å². The highest BCUT2D eigenvalue weighted by Crippen LogP contribution is 2.40. The van der Waals surface area contributed by atoms with Crippen LogP contribution in [0.3, 0.4) is 0 Å². The summed E-state index contributed by atoms with van der Waals surface area (Å²) in [6, 6.07) is 7.21. The summed E-state index contributed by atoms with van der Waals surface area (Å²) in [5, 5.41) is 5.21. The van der Waals surface area contributed by atoms with Gasteiger partial charge in [-0.05, 0) is 68.9 Å². The number of hydrogen-bond acceptors (Lipinski definition) is 6. The van der Waals surface area contributed by atoms with Crippen molar-refractivity contribution in [3.05, 3.63) is 64.7 Å². The monoisotopic (exact) mass is 521 g/mol. The molecule has 0 spiro atoms. The number of fused-ring (bicyclic) bond motifs is 1. The number of piperidine rings is 1. The first-order valence-corrected chi connectivity index (χ1v) is 13.1. The fraction of sp³-hybridized carbons (Fsp3) is 0.407. The van der Waals surface area contributed by atoms with Gasteiger partial charge in [-0.1, -0.05) is 11.6 Å². The molecule has 0 saturated carbocycles. The molecule has 5 heterocycles. The van der Waals surface area contributed by atoms with Gasteiger partial charge >= 0.3 is 0 Å². The minimum Gasteiger partial charge on any atom is -0.479 e. The number of methoxy groups -OCH3 is 1. The van der Waals surface area contributed by atoms with Crippen LogP contribution in [0, 0.1) is 12.7 Å². The Morgan fingerprint density at radius 2 is 1.86 bits per heavy atom. The molecule has 6 rings (SSSR count). The maximum absolute atomic E-state index is 14.9. The molecule has 37 heavy (non-hydrogen) atoms. The van der Waals surface area contributed by atoms with Gasteiger partial charge in [0.25, 0.3) is 0 Å². The first-order valence-electron chi connectivity index (χ1n) is 12.8. The van der Waals surface area contributed by atoms with E-state index >= 15 is 0 Å². The molecule has 192 valence electrons. The summed E-state index contributed by atoms with van der Waals surface area (Å²) >= 11 is 6.63. The van der Waals surface area contributed by atoms with Crippen LogP contribution in [0.4, 0.5) is 10.1 Å². The second-order valence-electron chi connectivity index (χ2n) is 9.73. The first-order chi connectivity index (χ1) is 18.0. The third-order valence-electron chi connectivity index (χ3n) is 7.27. The number of ether oxygens (including phenoxy) is 1. The summed E-state index contributed by atoms with van der Waals surface area (Å²) < 4.78 is 24.3. The third kappa shape index (κ3) is 4.45. The van der Waals surface area contributed by atoms with Crippen LogP contribution in [0.25, 0.3) is 17.2 Å². The number of imidazole rings is 1. The summed E-state index contributed by atoms with van der Waals surface area (Å²) in [6.07, 6.45) is 8.80. The summed E-state index contributed by atoms with van der Waals surface area (Å²) in [4.78, 5) is 16.0. The van der Waals surface area contributed by atoms with Gasteiger partial charge in [-0.25, -0.2) is 24.0 Å². The molecule has 4 aromatic rings. The highest BCUT2D eigenvalue weighted by molar-refractivity contribution is 6.31. The molecule has 1 fully saturated rings. The molecule has 0 N–H and O–H groups in total. The van der Waals surface area contributed by atoms with Crippen molar-refractivity contribution >= 4 is 17.3 Å². The lowest BCUT2D eigenvalue weighted by Crippen LogP contribution is -2.30. The van der Waals surface area contributed by atoms with Crippen molar-refractivity contribution in [2.75, 3.05) is 25.1 Å². The molecule has 1 atom stereocenters. The number of aryl methyl sites for hydroxylation is 2. The van der Waals surface area contributed by atoms with Crippen LogP contribution in [0.1, 0.15) is 55.1 Å². The van der Waals surface area contributed by atoms with Crippen molar-refractivity contribution in [1.29, 1.82) is 0 Å². The van der Waals surface area contributed by atoms with Crippen LogP contribution in [0.2, 0.25) is 5.02 Å². The molecular formula is C27H29ClFN7O. The van der Waals surface area contributed by atoms with Gasteiger partial charge in [0.05, 0.1) is 24.8 Å². The number of anilines is 1. The maximum Gasteiger partial charge on any atom is 0.238 e. The van der Waals surface area contributed by atoms with Crippen molar-refractivity contribution in [1.82, 2.24) is 29.3 Å². The minimum absolute atomic E-state index is 0.0678. The average Bonchev–Trinajstić information content (AvgIpc) is 3.55. The van der Waals surface area contributed by atoms with E-state index in [1.54, 1.807) is 13.4 Å². The molecule has 0 amide bonds. The van der Waals surface area contributed by atoms with E-state index in [-0.39, 0.29) is 11.7 Å². The largest absolute Gasteiger partial charge is 0.479 e. The Bertz CT molecular complexity index is 1440. The van der Waals surface area contributed by atoms with E-state index in [0.717, 1.165) is 68.1 Å². The first kappa shape index (κ1) is 23.9. The van der Waals surface area contributed by atoms with Gasteiger partial charge in [0, 0.05) is 36.8 Å². The smallest absolute Gasteiger partial charge is 0.238 e. The number of nitrogens with zero attached hydrogens (tertiary/aromatic N) is 7. The maximum atomic E-state index is 14.9. The summed E-state index contributed by atoms with van der Waals surface area (Å²) in [7, 11) is 1.59. The number of hydrogen-bond donors (Lipinski definition) is 0. The Morgan fingerprint density at radius 3 is 2.62 bits per heavy atom. The predicted molar refractivity (Wildman–Crippen MR) is 140 cm³/mol. The molecule has 1 saturated heterocycles. The number of benzene rings is 1. The van der Waals surface area contributed by atoms with E-state index in [0.29, 0.717) is 28.1 Å². The number of aromatic nitrogens is 6.